The number of aromatic nitrogens is 3. The van der Waals surface area contributed by atoms with Crippen LogP contribution < -0.4 is 14.8 Å². The van der Waals surface area contributed by atoms with Gasteiger partial charge in [-0.25, -0.2) is 0 Å². The Morgan fingerprint density at radius 1 is 1.13 bits per heavy atom. The summed E-state index contributed by atoms with van der Waals surface area (Å²) in [5.74, 6) is 1.39. The number of rotatable bonds is 7. The molecule has 0 saturated carbocycles. The molecule has 0 amide bonds. The molecule has 1 aliphatic heterocycles. The summed E-state index contributed by atoms with van der Waals surface area (Å²) in [6.07, 6.45) is 3.61. The molecule has 31 heavy (non-hydrogen) atoms. The van der Waals surface area contributed by atoms with Crippen molar-refractivity contribution in [2.24, 2.45) is 0 Å². The molecule has 0 bridgehead atoms. The molecule has 5 rings (SSSR count). The minimum absolute atomic E-state index is 0.587. The van der Waals surface area contributed by atoms with Crippen LogP contribution in [-0.4, -0.2) is 66.6 Å². The Kier molecular flexibility index (Phi) is 5.56. The van der Waals surface area contributed by atoms with Gasteiger partial charge in [0, 0.05) is 54.0 Å². The molecular formula is C23H25N5O3. The predicted octanol–water partition coefficient (Wildman–Crippen LogP) is 3.57. The van der Waals surface area contributed by atoms with Crippen LogP contribution in [0.15, 0.2) is 48.8 Å². The van der Waals surface area contributed by atoms with Gasteiger partial charge in [-0.3, -0.25) is 15.0 Å². The van der Waals surface area contributed by atoms with E-state index in [0.29, 0.717) is 18.1 Å². The van der Waals surface area contributed by atoms with Gasteiger partial charge in [0.1, 0.15) is 6.61 Å². The van der Waals surface area contributed by atoms with E-state index in [-0.39, 0.29) is 0 Å². The molecule has 8 heteroatoms. The van der Waals surface area contributed by atoms with Crippen molar-refractivity contribution >= 4 is 33.2 Å². The summed E-state index contributed by atoms with van der Waals surface area (Å²) < 4.78 is 17.1. The van der Waals surface area contributed by atoms with Crippen LogP contribution in [0.25, 0.3) is 21.8 Å². The summed E-state index contributed by atoms with van der Waals surface area (Å²) in [5, 5.41) is 12.6. The van der Waals surface area contributed by atoms with Crippen molar-refractivity contribution in [3.05, 3.63) is 48.8 Å². The quantitative estimate of drug-likeness (QED) is 0.474. The number of hydrogen-bond acceptors (Lipinski definition) is 7. The fraction of sp³-hybridized carbons (Fsp3) is 0.304. The van der Waals surface area contributed by atoms with E-state index in [1.165, 1.54) is 0 Å². The van der Waals surface area contributed by atoms with Crippen molar-refractivity contribution < 1.29 is 14.2 Å². The Balaban J connectivity index is 1.37. The van der Waals surface area contributed by atoms with Gasteiger partial charge in [-0.15, -0.1) is 0 Å². The van der Waals surface area contributed by atoms with Gasteiger partial charge < -0.3 is 19.5 Å². The van der Waals surface area contributed by atoms with E-state index in [1.807, 2.05) is 42.6 Å². The van der Waals surface area contributed by atoms with Crippen LogP contribution in [0.1, 0.15) is 0 Å². The predicted molar refractivity (Wildman–Crippen MR) is 120 cm³/mol. The lowest BCUT2D eigenvalue weighted by Gasteiger charge is -2.26. The van der Waals surface area contributed by atoms with Gasteiger partial charge in [0.2, 0.25) is 0 Å². The summed E-state index contributed by atoms with van der Waals surface area (Å²) in [7, 11) is 1.66. The molecule has 8 nitrogen and oxygen atoms in total. The highest BCUT2D eigenvalue weighted by atomic mass is 16.5. The number of ether oxygens (including phenoxy) is 3. The fourth-order valence-corrected chi connectivity index (χ4v) is 3.81. The highest BCUT2D eigenvalue weighted by molar-refractivity contribution is 5.95. The number of nitrogens with zero attached hydrogens (tertiary/aromatic N) is 3. The van der Waals surface area contributed by atoms with Crippen LogP contribution in [0.2, 0.25) is 0 Å². The maximum atomic E-state index is 6.06. The van der Waals surface area contributed by atoms with E-state index in [1.54, 1.807) is 13.3 Å². The maximum absolute atomic E-state index is 6.06. The zero-order chi connectivity index (χ0) is 21.0. The number of morpholine rings is 1. The normalized spacial score (nSPS) is 14.7. The summed E-state index contributed by atoms with van der Waals surface area (Å²) in [6, 6.07) is 12.0. The Hall–Kier alpha value is -3.36. The topological polar surface area (TPSA) is 84.5 Å². The molecule has 4 aromatic rings. The second kappa shape index (κ2) is 8.79. The minimum Gasteiger partial charge on any atom is -0.493 e. The third-order valence-corrected chi connectivity index (χ3v) is 5.52. The van der Waals surface area contributed by atoms with Gasteiger partial charge in [-0.05, 0) is 30.3 Å². The molecular weight excluding hydrogens is 394 g/mol. The van der Waals surface area contributed by atoms with Crippen LogP contribution in [-0.2, 0) is 4.74 Å². The minimum atomic E-state index is 0.587. The maximum Gasteiger partial charge on any atom is 0.163 e. The zero-order valence-electron chi connectivity index (χ0n) is 17.4. The molecule has 0 radical (unpaired) electrons. The van der Waals surface area contributed by atoms with Crippen LogP contribution in [0.5, 0.6) is 11.5 Å². The van der Waals surface area contributed by atoms with E-state index in [9.17, 15) is 0 Å². The molecule has 2 N–H and O–H groups in total. The Morgan fingerprint density at radius 3 is 2.90 bits per heavy atom. The lowest BCUT2D eigenvalue weighted by molar-refractivity contribution is 0.0321. The third-order valence-electron chi connectivity index (χ3n) is 5.52. The van der Waals surface area contributed by atoms with Crippen molar-refractivity contribution in [3.8, 4) is 11.5 Å². The van der Waals surface area contributed by atoms with Crippen molar-refractivity contribution in [3.63, 3.8) is 0 Å². The number of methoxy groups -OCH3 is 1. The molecule has 160 valence electrons. The van der Waals surface area contributed by atoms with Gasteiger partial charge in [0.15, 0.2) is 11.5 Å². The van der Waals surface area contributed by atoms with Gasteiger partial charge in [-0.1, -0.05) is 0 Å². The average molecular weight is 419 g/mol. The highest BCUT2D eigenvalue weighted by Gasteiger charge is 2.13. The summed E-state index contributed by atoms with van der Waals surface area (Å²) >= 11 is 0. The average Bonchev–Trinajstić information content (AvgIpc) is 3.27. The number of pyridine rings is 1. The van der Waals surface area contributed by atoms with Crippen molar-refractivity contribution in [2.75, 3.05) is 51.9 Å². The van der Waals surface area contributed by atoms with Crippen molar-refractivity contribution in [1.29, 1.82) is 0 Å². The van der Waals surface area contributed by atoms with E-state index >= 15 is 0 Å². The lowest BCUT2D eigenvalue weighted by atomic mass is 10.1. The molecule has 2 aromatic carbocycles. The number of H-pyrrole nitrogens is 1. The monoisotopic (exact) mass is 419 g/mol. The largest absolute Gasteiger partial charge is 0.493 e. The Bertz CT molecular complexity index is 1190. The first-order valence-electron chi connectivity index (χ1n) is 10.4. The number of aromatic amines is 1. The summed E-state index contributed by atoms with van der Waals surface area (Å²) in [5.41, 5.74) is 3.74. The van der Waals surface area contributed by atoms with E-state index in [0.717, 1.165) is 66.0 Å². The molecule has 0 unspecified atom stereocenters. The first-order valence-corrected chi connectivity index (χ1v) is 10.4. The fourth-order valence-electron chi connectivity index (χ4n) is 3.81. The standard InChI is InChI=1S/C23H25N5O3/c1-29-22-13-18-19(26-17-3-2-16-15-25-27-20(16)12-17)4-5-24-21(18)14-23(22)31-11-8-28-6-9-30-10-7-28/h2-5,12-15H,6-11H2,1H3,(H,24,26)(H,25,27). The third kappa shape index (κ3) is 4.26. The van der Waals surface area contributed by atoms with E-state index in [2.05, 4.69) is 25.4 Å². The molecule has 0 atom stereocenters. The number of benzene rings is 2. The van der Waals surface area contributed by atoms with E-state index in [4.69, 9.17) is 14.2 Å². The Labute approximate surface area is 180 Å². The van der Waals surface area contributed by atoms with Crippen molar-refractivity contribution in [2.45, 2.75) is 0 Å². The zero-order valence-corrected chi connectivity index (χ0v) is 17.4. The molecule has 2 aromatic heterocycles. The molecule has 3 heterocycles. The van der Waals surface area contributed by atoms with Gasteiger partial charge in [0.05, 0.1) is 37.6 Å². The molecule has 1 aliphatic rings. The second-order valence-corrected chi connectivity index (χ2v) is 7.48. The molecule has 0 spiro atoms. The van der Waals surface area contributed by atoms with Gasteiger partial charge in [-0.2, -0.15) is 5.10 Å². The van der Waals surface area contributed by atoms with Crippen LogP contribution in [0, 0.1) is 0 Å². The van der Waals surface area contributed by atoms with Gasteiger partial charge in [0.25, 0.3) is 0 Å². The number of fused-ring (bicyclic) bond motifs is 2. The molecule has 1 fully saturated rings. The molecule has 0 aliphatic carbocycles. The first kappa shape index (κ1) is 19.6. The highest BCUT2D eigenvalue weighted by Crippen LogP contribution is 2.35. The van der Waals surface area contributed by atoms with Crippen LogP contribution >= 0.6 is 0 Å². The van der Waals surface area contributed by atoms with Crippen LogP contribution in [0.4, 0.5) is 11.4 Å². The SMILES string of the molecule is COc1cc2c(Nc3ccc4cn[nH]c4c3)ccnc2cc1OCCN1CCOCC1. The second-order valence-electron chi connectivity index (χ2n) is 7.48. The first-order chi connectivity index (χ1) is 15.3. The number of anilines is 2. The number of hydrogen-bond donors (Lipinski definition) is 2. The summed E-state index contributed by atoms with van der Waals surface area (Å²) in [4.78, 5) is 6.88. The van der Waals surface area contributed by atoms with Gasteiger partial charge >= 0.3 is 0 Å². The smallest absolute Gasteiger partial charge is 0.163 e. The van der Waals surface area contributed by atoms with Crippen LogP contribution in [0.3, 0.4) is 0 Å². The Morgan fingerprint density at radius 2 is 2.03 bits per heavy atom. The molecule has 1 saturated heterocycles. The summed E-state index contributed by atoms with van der Waals surface area (Å²) in [6.45, 7) is 4.90. The lowest BCUT2D eigenvalue weighted by Crippen LogP contribution is -2.38. The number of nitrogens with one attached hydrogen (secondary N) is 2. The van der Waals surface area contributed by atoms with Crippen molar-refractivity contribution in [1.82, 2.24) is 20.1 Å². The van der Waals surface area contributed by atoms with E-state index < -0.39 is 0 Å².